The molecule has 8 heteroatoms. The zero-order valence-electron chi connectivity index (χ0n) is 19.4. The molecule has 3 rings (SSSR count). The van der Waals surface area contributed by atoms with Crippen molar-refractivity contribution in [1.29, 1.82) is 0 Å². The van der Waals surface area contributed by atoms with Gasteiger partial charge in [0.25, 0.3) is 0 Å². The van der Waals surface area contributed by atoms with E-state index in [0.717, 1.165) is 11.1 Å². The van der Waals surface area contributed by atoms with E-state index in [1.165, 1.54) is 0 Å². The summed E-state index contributed by atoms with van der Waals surface area (Å²) in [6.07, 6.45) is 1.25. The highest BCUT2D eigenvalue weighted by Gasteiger charge is 2.30. The Balaban J connectivity index is 1.80. The third-order valence-corrected chi connectivity index (χ3v) is 6.02. The Morgan fingerprint density at radius 1 is 1.03 bits per heavy atom. The molecule has 1 N–H and O–H groups in total. The Labute approximate surface area is 205 Å². The summed E-state index contributed by atoms with van der Waals surface area (Å²) in [7, 11) is 0. The van der Waals surface area contributed by atoms with Gasteiger partial charge in [0.05, 0.1) is 10.0 Å². The number of nitrogens with one attached hydrogen (secondary N) is 1. The number of halogens is 2. The van der Waals surface area contributed by atoms with E-state index in [1.54, 1.807) is 17.0 Å². The topological polar surface area (TPSA) is 67.9 Å². The van der Waals surface area contributed by atoms with Crippen LogP contribution < -0.4 is 14.8 Å². The smallest absolute Gasteiger partial charge is 0.243 e. The highest BCUT2D eigenvalue weighted by atomic mass is 35.5. The van der Waals surface area contributed by atoms with Crippen molar-refractivity contribution in [2.24, 2.45) is 0 Å². The van der Waals surface area contributed by atoms with E-state index in [9.17, 15) is 9.59 Å². The van der Waals surface area contributed by atoms with E-state index in [-0.39, 0.29) is 31.6 Å². The molecule has 2 aromatic rings. The minimum Gasteiger partial charge on any atom is -0.454 e. The molecule has 0 unspecified atom stereocenters. The average molecular weight is 493 g/mol. The Kier molecular flexibility index (Phi) is 8.14. The highest BCUT2D eigenvalue weighted by Crippen LogP contribution is 2.33. The summed E-state index contributed by atoms with van der Waals surface area (Å²) in [6.45, 7) is 8.12. The number of aryl methyl sites for hydroxylation is 1. The minimum absolute atomic E-state index is 0.116. The van der Waals surface area contributed by atoms with Crippen molar-refractivity contribution in [3.8, 4) is 11.5 Å². The van der Waals surface area contributed by atoms with Crippen molar-refractivity contribution in [1.82, 2.24) is 10.2 Å². The third kappa shape index (κ3) is 6.78. The summed E-state index contributed by atoms with van der Waals surface area (Å²) in [5, 5.41) is 3.86. The van der Waals surface area contributed by atoms with Crippen LogP contribution in [0.5, 0.6) is 11.5 Å². The van der Waals surface area contributed by atoms with Crippen LogP contribution in [0, 0.1) is 0 Å². The largest absolute Gasteiger partial charge is 0.454 e. The second-order valence-corrected chi connectivity index (χ2v) is 9.94. The second kappa shape index (κ2) is 10.7. The molecule has 6 nitrogen and oxygen atoms in total. The number of carbonyl (C=O) groups excluding carboxylic acids is 2. The molecule has 0 aliphatic carbocycles. The lowest BCUT2D eigenvalue weighted by atomic mass is 10.0. The summed E-state index contributed by atoms with van der Waals surface area (Å²) < 4.78 is 10.8. The molecule has 33 heavy (non-hydrogen) atoms. The van der Waals surface area contributed by atoms with Gasteiger partial charge in [0.1, 0.15) is 6.04 Å². The number of benzene rings is 2. The number of fused-ring (bicyclic) bond motifs is 1. The van der Waals surface area contributed by atoms with E-state index >= 15 is 0 Å². The van der Waals surface area contributed by atoms with Crippen LogP contribution in [-0.4, -0.2) is 35.1 Å². The molecule has 2 amide bonds. The maximum Gasteiger partial charge on any atom is 0.243 e. The molecule has 0 fully saturated rings. The molecule has 2 aromatic carbocycles. The zero-order chi connectivity index (χ0) is 24.2. The Morgan fingerprint density at radius 3 is 2.39 bits per heavy atom. The lowest BCUT2D eigenvalue weighted by molar-refractivity contribution is -0.142. The average Bonchev–Trinajstić information content (AvgIpc) is 3.21. The fraction of sp³-hybridized carbons (Fsp3) is 0.440. The molecular weight excluding hydrogens is 463 g/mol. The standard InChI is InChI=1S/C25H30Cl2N2O4/c1-5-20(24(31)28-25(2,3)4)29(14-17-6-9-18(26)19(27)12-17)23(30)11-8-16-7-10-21-22(13-16)33-15-32-21/h6-7,9-10,12-13,20H,5,8,11,14-15H2,1-4H3,(H,28,31)/t20-/m0/s1. The predicted octanol–water partition coefficient (Wildman–Crippen LogP) is 5.38. The van der Waals surface area contributed by atoms with Crippen molar-refractivity contribution in [2.45, 2.75) is 65.1 Å². The van der Waals surface area contributed by atoms with Gasteiger partial charge in [0.15, 0.2) is 11.5 Å². The van der Waals surface area contributed by atoms with E-state index in [2.05, 4.69) is 5.32 Å². The molecule has 0 bridgehead atoms. The molecule has 0 spiro atoms. The summed E-state index contributed by atoms with van der Waals surface area (Å²) in [6, 6.07) is 10.3. The lowest BCUT2D eigenvalue weighted by Crippen LogP contribution is -2.53. The first-order chi connectivity index (χ1) is 15.6. The summed E-state index contributed by atoms with van der Waals surface area (Å²) in [5.74, 6) is 1.09. The number of carbonyl (C=O) groups is 2. The maximum absolute atomic E-state index is 13.4. The molecule has 1 atom stereocenters. The predicted molar refractivity (Wildman–Crippen MR) is 130 cm³/mol. The Hall–Kier alpha value is -2.44. The molecular formula is C25H30Cl2N2O4. The van der Waals surface area contributed by atoms with E-state index in [1.807, 2.05) is 52.0 Å². The highest BCUT2D eigenvalue weighted by molar-refractivity contribution is 6.42. The fourth-order valence-corrected chi connectivity index (χ4v) is 4.02. The van der Waals surface area contributed by atoms with Gasteiger partial charge in [-0.15, -0.1) is 0 Å². The van der Waals surface area contributed by atoms with Gasteiger partial charge in [-0.05, 0) is 69.0 Å². The van der Waals surface area contributed by atoms with Crippen LogP contribution in [-0.2, 0) is 22.6 Å². The number of hydrogen-bond acceptors (Lipinski definition) is 4. The van der Waals surface area contributed by atoms with Crippen molar-refractivity contribution >= 4 is 35.0 Å². The van der Waals surface area contributed by atoms with Gasteiger partial charge in [-0.25, -0.2) is 0 Å². The van der Waals surface area contributed by atoms with Gasteiger partial charge in [0.2, 0.25) is 18.6 Å². The second-order valence-electron chi connectivity index (χ2n) is 9.12. The number of ether oxygens (including phenoxy) is 2. The lowest BCUT2D eigenvalue weighted by Gasteiger charge is -2.33. The van der Waals surface area contributed by atoms with Gasteiger partial charge >= 0.3 is 0 Å². The van der Waals surface area contributed by atoms with Gasteiger partial charge in [-0.2, -0.15) is 0 Å². The first kappa shape index (κ1) is 25.2. The monoisotopic (exact) mass is 492 g/mol. The van der Waals surface area contributed by atoms with Crippen LogP contribution in [0.4, 0.5) is 0 Å². The number of hydrogen-bond donors (Lipinski definition) is 1. The van der Waals surface area contributed by atoms with E-state index in [0.29, 0.717) is 34.4 Å². The Bertz CT molecular complexity index is 1020. The SMILES string of the molecule is CC[C@@H](C(=O)NC(C)(C)C)N(Cc1ccc(Cl)c(Cl)c1)C(=O)CCc1ccc2c(c1)OCO2. The van der Waals surface area contributed by atoms with Gasteiger partial charge in [-0.1, -0.05) is 42.3 Å². The van der Waals surface area contributed by atoms with Crippen LogP contribution in [0.15, 0.2) is 36.4 Å². The van der Waals surface area contributed by atoms with Crippen molar-refractivity contribution < 1.29 is 19.1 Å². The summed E-state index contributed by atoms with van der Waals surface area (Å²) >= 11 is 12.2. The van der Waals surface area contributed by atoms with Crippen molar-refractivity contribution in [3.63, 3.8) is 0 Å². The minimum atomic E-state index is -0.608. The molecule has 1 aliphatic heterocycles. The number of nitrogens with zero attached hydrogens (tertiary/aromatic N) is 1. The molecule has 0 saturated carbocycles. The molecule has 0 aromatic heterocycles. The summed E-state index contributed by atoms with van der Waals surface area (Å²) in [5.41, 5.74) is 1.37. The molecule has 1 heterocycles. The van der Waals surface area contributed by atoms with Crippen LogP contribution in [0.3, 0.4) is 0 Å². The molecule has 0 saturated heterocycles. The molecule has 1 aliphatic rings. The first-order valence-electron chi connectivity index (χ1n) is 11.0. The van der Waals surface area contributed by atoms with Crippen LogP contribution in [0.1, 0.15) is 51.7 Å². The van der Waals surface area contributed by atoms with E-state index in [4.69, 9.17) is 32.7 Å². The van der Waals surface area contributed by atoms with Crippen molar-refractivity contribution in [2.75, 3.05) is 6.79 Å². The van der Waals surface area contributed by atoms with Gasteiger partial charge in [-0.3, -0.25) is 9.59 Å². The normalized spacial score (nSPS) is 13.5. The maximum atomic E-state index is 13.4. The van der Waals surface area contributed by atoms with E-state index < -0.39 is 11.6 Å². The third-order valence-electron chi connectivity index (χ3n) is 5.29. The van der Waals surface area contributed by atoms with Crippen molar-refractivity contribution in [3.05, 3.63) is 57.6 Å². The quantitative estimate of drug-likeness (QED) is 0.537. The van der Waals surface area contributed by atoms with Gasteiger partial charge in [0, 0.05) is 18.5 Å². The molecule has 0 radical (unpaired) electrons. The molecule has 178 valence electrons. The van der Waals surface area contributed by atoms with Crippen LogP contribution >= 0.6 is 23.2 Å². The van der Waals surface area contributed by atoms with Crippen LogP contribution in [0.2, 0.25) is 10.0 Å². The Morgan fingerprint density at radius 2 is 1.73 bits per heavy atom. The zero-order valence-corrected chi connectivity index (χ0v) is 20.9. The fourth-order valence-electron chi connectivity index (χ4n) is 3.70. The van der Waals surface area contributed by atoms with Crippen LogP contribution in [0.25, 0.3) is 0 Å². The number of rotatable bonds is 8. The number of amides is 2. The summed E-state index contributed by atoms with van der Waals surface area (Å²) in [4.78, 5) is 28.1. The van der Waals surface area contributed by atoms with Gasteiger partial charge < -0.3 is 19.7 Å². The first-order valence-corrected chi connectivity index (χ1v) is 11.8.